The summed E-state index contributed by atoms with van der Waals surface area (Å²) in [6, 6.07) is 11.3. The Hall–Kier alpha value is -3.32. The van der Waals surface area contributed by atoms with Crippen LogP contribution in [0.3, 0.4) is 0 Å². The number of morpholine rings is 1. The molecule has 1 fully saturated rings. The molecule has 1 saturated heterocycles. The molecular weight excluding hydrogens is 382 g/mol. The fourth-order valence-corrected chi connectivity index (χ4v) is 4.22. The predicted octanol–water partition coefficient (Wildman–Crippen LogP) is 4.23. The van der Waals surface area contributed by atoms with Crippen LogP contribution in [0.4, 0.5) is 0 Å². The molecule has 1 amide bonds. The number of fused-ring (bicyclic) bond motifs is 1. The molecule has 30 heavy (non-hydrogen) atoms. The van der Waals surface area contributed by atoms with E-state index in [1.54, 1.807) is 17.3 Å². The molecule has 2 aromatic heterocycles. The molecule has 7 heteroatoms. The highest BCUT2D eigenvalue weighted by atomic mass is 16.5. The quantitative estimate of drug-likeness (QED) is 0.609. The van der Waals surface area contributed by atoms with E-state index in [0.717, 1.165) is 40.7 Å². The summed E-state index contributed by atoms with van der Waals surface area (Å²) in [5, 5.41) is 3.24. The second-order valence-electron chi connectivity index (χ2n) is 7.57. The van der Waals surface area contributed by atoms with E-state index in [0.29, 0.717) is 37.8 Å². The van der Waals surface area contributed by atoms with Crippen LogP contribution in [0.5, 0.6) is 0 Å². The van der Waals surface area contributed by atoms with E-state index in [-0.39, 0.29) is 11.9 Å². The Morgan fingerprint density at radius 3 is 2.63 bits per heavy atom. The molecule has 5 rings (SSSR count). The molecule has 0 bridgehead atoms. The number of nitroso groups, excluding NO2 is 1. The Kier molecular flexibility index (Phi) is 4.88. The first kappa shape index (κ1) is 18.7. The van der Waals surface area contributed by atoms with Gasteiger partial charge in [-0.05, 0) is 47.7 Å². The van der Waals surface area contributed by atoms with Crippen molar-refractivity contribution in [2.24, 2.45) is 5.18 Å². The van der Waals surface area contributed by atoms with Gasteiger partial charge in [0.1, 0.15) is 11.8 Å². The lowest BCUT2D eigenvalue weighted by atomic mass is 9.98. The Balaban J connectivity index is 1.58. The van der Waals surface area contributed by atoms with Crippen LogP contribution in [-0.2, 0) is 11.2 Å². The number of aromatic nitrogens is 1. The number of nitrogens with zero attached hydrogens (tertiary/aromatic N) is 3. The van der Waals surface area contributed by atoms with Crippen LogP contribution in [0.1, 0.15) is 34.1 Å². The molecule has 1 aromatic carbocycles. The van der Waals surface area contributed by atoms with Gasteiger partial charge in [0.05, 0.1) is 13.2 Å². The summed E-state index contributed by atoms with van der Waals surface area (Å²) in [5.74, 6) is 0.815. The minimum atomic E-state index is -0.267. The number of rotatable bonds is 4. The van der Waals surface area contributed by atoms with Gasteiger partial charge in [0.2, 0.25) is 0 Å². The van der Waals surface area contributed by atoms with Crippen LogP contribution in [0.25, 0.3) is 22.5 Å². The topological polar surface area (TPSA) is 85.0 Å². The molecule has 1 unspecified atom stereocenters. The van der Waals surface area contributed by atoms with Crippen LogP contribution >= 0.6 is 0 Å². The molecular formula is C23H21N3O4. The number of pyridine rings is 1. The van der Waals surface area contributed by atoms with Crippen LogP contribution in [0.15, 0.2) is 58.4 Å². The molecule has 0 spiro atoms. The number of hydrogen-bond acceptors (Lipinski definition) is 6. The fraction of sp³-hybridized carbons (Fsp3) is 0.304. The first-order valence-electron chi connectivity index (χ1n) is 10.1. The van der Waals surface area contributed by atoms with Crippen molar-refractivity contribution in [1.29, 1.82) is 0 Å². The number of carbonyl (C=O) groups is 1. The molecule has 1 atom stereocenters. The summed E-state index contributed by atoms with van der Waals surface area (Å²) in [6.45, 7) is 2.18. The smallest absolute Gasteiger partial charge is 0.289 e. The summed E-state index contributed by atoms with van der Waals surface area (Å²) in [7, 11) is 0. The molecule has 7 nitrogen and oxygen atoms in total. The second kappa shape index (κ2) is 7.84. The summed E-state index contributed by atoms with van der Waals surface area (Å²) in [6.07, 6.45) is 4.97. The Morgan fingerprint density at radius 2 is 1.87 bits per heavy atom. The monoisotopic (exact) mass is 403 g/mol. The SMILES string of the molecule is O=NC1CCc2cc(-c3cc(C(=O)N4CCOCC4)oc3-c3ccncc3)ccc21. The molecule has 1 aliphatic heterocycles. The number of benzene rings is 1. The van der Waals surface area contributed by atoms with Gasteiger partial charge in [-0.3, -0.25) is 9.78 Å². The fourth-order valence-electron chi connectivity index (χ4n) is 4.22. The van der Waals surface area contributed by atoms with Gasteiger partial charge in [0.25, 0.3) is 5.91 Å². The third-order valence-corrected chi connectivity index (χ3v) is 5.81. The molecule has 0 radical (unpaired) electrons. The van der Waals surface area contributed by atoms with Gasteiger partial charge in [0.15, 0.2) is 5.76 Å². The highest BCUT2D eigenvalue weighted by Gasteiger charge is 2.27. The van der Waals surface area contributed by atoms with E-state index in [9.17, 15) is 9.70 Å². The van der Waals surface area contributed by atoms with Gasteiger partial charge < -0.3 is 14.1 Å². The van der Waals surface area contributed by atoms with E-state index < -0.39 is 0 Å². The lowest BCUT2D eigenvalue weighted by Crippen LogP contribution is -2.40. The van der Waals surface area contributed by atoms with E-state index in [1.165, 1.54) is 0 Å². The maximum atomic E-state index is 13.0. The molecule has 152 valence electrons. The summed E-state index contributed by atoms with van der Waals surface area (Å²) in [4.78, 5) is 29.9. The summed E-state index contributed by atoms with van der Waals surface area (Å²) >= 11 is 0. The van der Waals surface area contributed by atoms with Crippen molar-refractivity contribution in [3.05, 3.63) is 70.6 Å². The van der Waals surface area contributed by atoms with Crippen molar-refractivity contribution in [3.8, 4) is 22.5 Å². The van der Waals surface area contributed by atoms with E-state index in [1.807, 2.05) is 30.3 Å². The van der Waals surface area contributed by atoms with E-state index in [2.05, 4.69) is 16.2 Å². The van der Waals surface area contributed by atoms with E-state index >= 15 is 0 Å². The van der Waals surface area contributed by atoms with Crippen LogP contribution in [0, 0.1) is 4.91 Å². The molecule has 3 aromatic rings. The highest BCUT2D eigenvalue weighted by molar-refractivity contribution is 5.95. The minimum Gasteiger partial charge on any atom is -0.450 e. The van der Waals surface area contributed by atoms with Gasteiger partial charge in [-0.1, -0.05) is 23.4 Å². The lowest BCUT2D eigenvalue weighted by Gasteiger charge is -2.25. The van der Waals surface area contributed by atoms with Crippen molar-refractivity contribution >= 4 is 5.91 Å². The number of furan rings is 1. The molecule has 3 heterocycles. The van der Waals surface area contributed by atoms with Crippen molar-refractivity contribution in [1.82, 2.24) is 9.88 Å². The number of ether oxygens (including phenoxy) is 1. The van der Waals surface area contributed by atoms with Crippen molar-refractivity contribution in [2.75, 3.05) is 26.3 Å². The first-order valence-corrected chi connectivity index (χ1v) is 10.1. The lowest BCUT2D eigenvalue weighted by molar-refractivity contribution is 0.0283. The number of amides is 1. The first-order chi connectivity index (χ1) is 14.7. The second-order valence-corrected chi connectivity index (χ2v) is 7.57. The third kappa shape index (κ3) is 3.31. The van der Waals surface area contributed by atoms with Crippen LogP contribution < -0.4 is 0 Å². The van der Waals surface area contributed by atoms with E-state index in [4.69, 9.17) is 9.15 Å². The zero-order chi connectivity index (χ0) is 20.5. The molecule has 2 aliphatic rings. The third-order valence-electron chi connectivity index (χ3n) is 5.81. The maximum absolute atomic E-state index is 13.0. The maximum Gasteiger partial charge on any atom is 0.289 e. The summed E-state index contributed by atoms with van der Waals surface area (Å²) in [5.41, 5.74) is 4.78. The standard InChI is InChI=1S/C23H21N3O4/c27-23(26-9-11-29-12-10-26)21-14-19(22(30-21)15-5-7-24-8-6-15)17-1-3-18-16(13-17)2-4-20(18)25-28/h1,3,5-8,13-14,20H,2,4,9-12H2. The minimum absolute atomic E-state index is 0.133. The zero-order valence-electron chi connectivity index (χ0n) is 16.4. The number of aryl methyl sites for hydroxylation is 1. The van der Waals surface area contributed by atoms with Gasteiger partial charge in [-0.15, -0.1) is 0 Å². The molecule has 0 N–H and O–H groups in total. The van der Waals surface area contributed by atoms with Crippen LogP contribution in [-0.4, -0.2) is 42.1 Å². The van der Waals surface area contributed by atoms with Gasteiger partial charge >= 0.3 is 0 Å². The molecule has 1 aliphatic carbocycles. The normalized spacial score (nSPS) is 18.3. The largest absolute Gasteiger partial charge is 0.450 e. The average Bonchev–Trinajstić information content (AvgIpc) is 3.44. The van der Waals surface area contributed by atoms with Crippen LogP contribution in [0.2, 0.25) is 0 Å². The Labute approximate surface area is 173 Å². The zero-order valence-corrected chi connectivity index (χ0v) is 16.4. The van der Waals surface area contributed by atoms with Gasteiger partial charge in [-0.25, -0.2) is 0 Å². The Bertz CT molecular complexity index is 1090. The summed E-state index contributed by atoms with van der Waals surface area (Å²) < 4.78 is 11.5. The van der Waals surface area contributed by atoms with Gasteiger partial charge in [-0.2, -0.15) is 4.91 Å². The average molecular weight is 403 g/mol. The van der Waals surface area contributed by atoms with Gasteiger partial charge in [0, 0.05) is 36.6 Å². The number of carbonyl (C=O) groups excluding carboxylic acids is 1. The van der Waals surface area contributed by atoms with Crippen molar-refractivity contribution < 1.29 is 13.9 Å². The highest BCUT2D eigenvalue weighted by Crippen LogP contribution is 2.40. The van der Waals surface area contributed by atoms with Crippen molar-refractivity contribution in [3.63, 3.8) is 0 Å². The number of hydrogen-bond donors (Lipinski definition) is 0. The van der Waals surface area contributed by atoms with Crippen molar-refractivity contribution in [2.45, 2.75) is 18.9 Å². The molecule has 0 saturated carbocycles. The predicted molar refractivity (Wildman–Crippen MR) is 111 cm³/mol. The Morgan fingerprint density at radius 1 is 1.07 bits per heavy atom.